The Morgan fingerprint density at radius 2 is 1.34 bits per heavy atom. The Morgan fingerprint density at radius 3 is 1.91 bits per heavy atom. The van der Waals surface area contributed by atoms with Crippen LogP contribution in [-0.4, -0.2) is 0 Å². The van der Waals surface area contributed by atoms with Crippen molar-refractivity contribution in [2.45, 2.75) is 116 Å². The molecule has 0 bridgehead atoms. The fourth-order valence-electron chi connectivity index (χ4n) is 7.09. The van der Waals surface area contributed by atoms with Crippen LogP contribution < -0.4 is 0 Å². The molecule has 0 amide bonds. The minimum absolute atomic E-state index is 0.410. The van der Waals surface area contributed by atoms with E-state index in [1.54, 1.807) is 11.1 Å². The number of benzene rings is 2. The molecule has 0 saturated heterocycles. The standard InChI is InChI=1S/C32H46/c1-4-9-25(3)32(23-7-6-8-24-32)31-21-19-30(20-22-31)29-17-15-28(16-18-29)27-13-11-26(10-5-2)12-14-27/h15-22,25-27H,4-14,23-24H2,1-3H3/t25?,26-,27-. The van der Waals surface area contributed by atoms with Gasteiger partial charge in [-0.15, -0.1) is 0 Å². The van der Waals surface area contributed by atoms with Crippen molar-refractivity contribution in [2.24, 2.45) is 11.8 Å². The maximum atomic E-state index is 2.51. The van der Waals surface area contributed by atoms with Gasteiger partial charge in [-0.2, -0.15) is 0 Å². The molecule has 4 rings (SSSR count). The zero-order valence-electron chi connectivity index (χ0n) is 21.0. The second-order valence-corrected chi connectivity index (χ2v) is 11.1. The highest BCUT2D eigenvalue weighted by molar-refractivity contribution is 5.64. The van der Waals surface area contributed by atoms with Crippen molar-refractivity contribution in [3.63, 3.8) is 0 Å². The molecule has 32 heavy (non-hydrogen) atoms. The Hall–Kier alpha value is -1.56. The van der Waals surface area contributed by atoms with E-state index in [0.717, 1.165) is 17.8 Å². The molecule has 0 aliphatic heterocycles. The first-order valence-corrected chi connectivity index (χ1v) is 13.9. The van der Waals surface area contributed by atoms with Gasteiger partial charge < -0.3 is 0 Å². The molecule has 2 saturated carbocycles. The quantitative estimate of drug-likeness (QED) is 0.391. The van der Waals surface area contributed by atoms with E-state index in [2.05, 4.69) is 69.3 Å². The van der Waals surface area contributed by atoms with E-state index in [4.69, 9.17) is 0 Å². The van der Waals surface area contributed by atoms with Crippen molar-refractivity contribution in [1.82, 2.24) is 0 Å². The molecule has 2 fully saturated rings. The van der Waals surface area contributed by atoms with Crippen molar-refractivity contribution < 1.29 is 0 Å². The first-order chi connectivity index (χ1) is 15.7. The fraction of sp³-hybridized carbons (Fsp3) is 0.625. The molecule has 2 aliphatic carbocycles. The molecule has 0 N–H and O–H groups in total. The van der Waals surface area contributed by atoms with Crippen LogP contribution in [0.25, 0.3) is 11.1 Å². The van der Waals surface area contributed by atoms with E-state index in [1.165, 1.54) is 94.6 Å². The summed E-state index contributed by atoms with van der Waals surface area (Å²) in [4.78, 5) is 0. The van der Waals surface area contributed by atoms with E-state index in [-0.39, 0.29) is 0 Å². The smallest absolute Gasteiger partial charge is 0.00214 e. The van der Waals surface area contributed by atoms with E-state index in [1.807, 2.05) is 0 Å². The molecule has 2 aromatic rings. The van der Waals surface area contributed by atoms with Gasteiger partial charge in [0.2, 0.25) is 0 Å². The third-order valence-corrected chi connectivity index (χ3v) is 9.13. The summed E-state index contributed by atoms with van der Waals surface area (Å²) in [5.74, 6) is 2.55. The lowest BCUT2D eigenvalue weighted by Gasteiger charge is -2.43. The van der Waals surface area contributed by atoms with Crippen LogP contribution in [0.4, 0.5) is 0 Å². The SMILES string of the molecule is CCCC(C)C1(c2ccc(-c3ccc([C@H]4CC[C@H](CCC)CC4)cc3)cc2)CCCCC1. The average Bonchev–Trinajstić information content (AvgIpc) is 2.85. The molecule has 0 spiro atoms. The van der Waals surface area contributed by atoms with Crippen molar-refractivity contribution >= 4 is 0 Å². The van der Waals surface area contributed by atoms with E-state index in [9.17, 15) is 0 Å². The first-order valence-electron chi connectivity index (χ1n) is 13.9. The summed E-state index contributed by atoms with van der Waals surface area (Å²) in [6.07, 6.45) is 18.0. The van der Waals surface area contributed by atoms with Gasteiger partial charge in [0.05, 0.1) is 0 Å². The predicted octanol–water partition coefficient (Wildman–Crippen LogP) is 10.1. The lowest BCUT2D eigenvalue weighted by atomic mass is 9.61. The highest BCUT2D eigenvalue weighted by Gasteiger charge is 2.38. The Labute approximate surface area is 198 Å². The van der Waals surface area contributed by atoms with Gasteiger partial charge in [-0.3, -0.25) is 0 Å². The van der Waals surface area contributed by atoms with Crippen molar-refractivity contribution in [3.8, 4) is 11.1 Å². The van der Waals surface area contributed by atoms with E-state index in [0.29, 0.717) is 5.41 Å². The lowest BCUT2D eigenvalue weighted by Crippen LogP contribution is -2.36. The van der Waals surface area contributed by atoms with Gasteiger partial charge in [-0.1, -0.05) is 114 Å². The van der Waals surface area contributed by atoms with Crippen LogP contribution in [0, 0.1) is 11.8 Å². The highest BCUT2D eigenvalue weighted by atomic mass is 14.4. The monoisotopic (exact) mass is 430 g/mol. The van der Waals surface area contributed by atoms with Gasteiger partial charge in [0.25, 0.3) is 0 Å². The van der Waals surface area contributed by atoms with E-state index < -0.39 is 0 Å². The maximum Gasteiger partial charge on any atom is -0.00214 e. The normalized spacial score (nSPS) is 24.2. The number of rotatable bonds is 8. The molecule has 1 atom stereocenters. The molecule has 1 unspecified atom stereocenters. The van der Waals surface area contributed by atoms with Crippen LogP contribution in [0.3, 0.4) is 0 Å². The predicted molar refractivity (Wildman–Crippen MR) is 140 cm³/mol. The molecule has 2 aromatic carbocycles. The van der Waals surface area contributed by atoms with Crippen molar-refractivity contribution in [2.75, 3.05) is 0 Å². The second-order valence-electron chi connectivity index (χ2n) is 11.1. The third-order valence-electron chi connectivity index (χ3n) is 9.13. The zero-order chi connectivity index (χ0) is 22.4. The summed E-state index contributed by atoms with van der Waals surface area (Å²) in [6, 6.07) is 19.3. The average molecular weight is 431 g/mol. The summed E-state index contributed by atoms with van der Waals surface area (Å²) in [7, 11) is 0. The van der Waals surface area contributed by atoms with Gasteiger partial charge in [0, 0.05) is 0 Å². The van der Waals surface area contributed by atoms with Crippen LogP contribution in [0.1, 0.15) is 121 Å². The first kappa shape index (κ1) is 23.6. The number of hydrogen-bond donors (Lipinski definition) is 0. The lowest BCUT2D eigenvalue weighted by molar-refractivity contribution is 0.192. The molecule has 2 aliphatic rings. The van der Waals surface area contributed by atoms with Crippen molar-refractivity contribution in [1.29, 1.82) is 0 Å². The summed E-state index contributed by atoms with van der Waals surface area (Å²) >= 11 is 0. The van der Waals surface area contributed by atoms with Crippen LogP contribution in [0.15, 0.2) is 48.5 Å². The molecule has 0 radical (unpaired) electrons. The molecular formula is C32H46. The minimum Gasteiger partial charge on any atom is -0.0654 e. The summed E-state index contributed by atoms with van der Waals surface area (Å²) in [5, 5.41) is 0. The molecular weight excluding hydrogens is 384 g/mol. The third kappa shape index (κ3) is 5.16. The van der Waals surface area contributed by atoms with E-state index >= 15 is 0 Å². The summed E-state index contributed by atoms with van der Waals surface area (Å²) in [5.41, 5.74) is 6.32. The van der Waals surface area contributed by atoms with Crippen LogP contribution in [0.5, 0.6) is 0 Å². The Morgan fingerprint density at radius 1 is 0.750 bits per heavy atom. The Kier molecular flexibility index (Phi) is 8.14. The summed E-state index contributed by atoms with van der Waals surface area (Å²) < 4.78 is 0. The van der Waals surface area contributed by atoms with Gasteiger partial charge in [0.15, 0.2) is 0 Å². The maximum absolute atomic E-state index is 2.51. The Bertz CT molecular complexity index is 798. The molecule has 0 nitrogen and oxygen atoms in total. The molecule has 0 aromatic heterocycles. The molecule has 0 heterocycles. The van der Waals surface area contributed by atoms with Gasteiger partial charge in [0.1, 0.15) is 0 Å². The van der Waals surface area contributed by atoms with Crippen LogP contribution in [0.2, 0.25) is 0 Å². The topological polar surface area (TPSA) is 0 Å². The highest BCUT2D eigenvalue weighted by Crippen LogP contribution is 2.47. The molecule has 0 heteroatoms. The largest absolute Gasteiger partial charge is 0.0654 e. The van der Waals surface area contributed by atoms with Crippen LogP contribution >= 0.6 is 0 Å². The zero-order valence-corrected chi connectivity index (χ0v) is 21.0. The fourth-order valence-corrected chi connectivity index (χ4v) is 7.09. The van der Waals surface area contributed by atoms with Gasteiger partial charge in [-0.05, 0) is 83.9 Å². The summed E-state index contributed by atoms with van der Waals surface area (Å²) in [6.45, 7) is 7.19. The second kappa shape index (κ2) is 11.0. The van der Waals surface area contributed by atoms with Crippen molar-refractivity contribution in [3.05, 3.63) is 59.7 Å². The number of hydrogen-bond acceptors (Lipinski definition) is 0. The van der Waals surface area contributed by atoms with Gasteiger partial charge in [-0.25, -0.2) is 0 Å². The Balaban J connectivity index is 1.46. The van der Waals surface area contributed by atoms with Crippen LogP contribution in [-0.2, 0) is 5.41 Å². The van der Waals surface area contributed by atoms with Gasteiger partial charge >= 0.3 is 0 Å². The minimum atomic E-state index is 0.410. The molecule has 174 valence electrons.